The second-order valence-corrected chi connectivity index (χ2v) is 9.04. The Morgan fingerprint density at radius 2 is 1.77 bits per heavy atom. The molecule has 3 rings (SSSR count). The lowest BCUT2D eigenvalue weighted by Crippen LogP contribution is -2.05. The average molecular weight is 577 g/mol. The lowest BCUT2D eigenvalue weighted by molar-refractivity contribution is 0.267. The second kappa shape index (κ2) is 10.8. The maximum absolute atomic E-state index is 6.27. The van der Waals surface area contributed by atoms with E-state index in [0.717, 1.165) is 31.0 Å². The molecule has 0 radical (unpaired) electrons. The number of hydrogen-bond donors (Lipinski definition) is 1. The van der Waals surface area contributed by atoms with Crippen LogP contribution in [0, 0.1) is 10.5 Å². The Bertz CT molecular complexity index is 1040. The molecule has 0 saturated heterocycles. The van der Waals surface area contributed by atoms with E-state index >= 15 is 0 Å². The van der Waals surface area contributed by atoms with Crippen molar-refractivity contribution < 1.29 is 9.47 Å². The van der Waals surface area contributed by atoms with Crippen LogP contribution in [-0.4, -0.2) is 6.61 Å². The summed E-state index contributed by atoms with van der Waals surface area (Å²) >= 11 is 20.7. The minimum atomic E-state index is 0.325. The van der Waals surface area contributed by atoms with Gasteiger partial charge in [-0.3, -0.25) is 0 Å². The predicted octanol–water partition coefficient (Wildman–Crippen LogP) is 8.15. The second-order valence-electron chi connectivity index (χ2n) is 6.63. The average Bonchev–Trinajstić information content (AvgIpc) is 2.70. The van der Waals surface area contributed by atoms with Crippen LogP contribution in [0.2, 0.25) is 15.1 Å². The zero-order chi connectivity index (χ0) is 21.7. The fraction of sp³-hybridized carbons (Fsp3) is 0.217. The third kappa shape index (κ3) is 5.88. The van der Waals surface area contributed by atoms with E-state index in [1.807, 2.05) is 44.2 Å². The van der Waals surface area contributed by atoms with Gasteiger partial charge in [-0.25, -0.2) is 0 Å². The predicted molar refractivity (Wildman–Crippen MR) is 135 cm³/mol. The number of ether oxygens (including phenoxy) is 2. The molecule has 0 bridgehead atoms. The lowest BCUT2D eigenvalue weighted by atomic mass is 10.1. The molecule has 3 aromatic rings. The van der Waals surface area contributed by atoms with E-state index in [4.69, 9.17) is 44.3 Å². The number of benzene rings is 3. The van der Waals surface area contributed by atoms with Crippen molar-refractivity contribution in [2.75, 3.05) is 11.9 Å². The third-order valence-corrected chi connectivity index (χ3v) is 6.30. The van der Waals surface area contributed by atoms with Crippen molar-refractivity contribution in [2.45, 2.75) is 27.0 Å². The number of anilines is 1. The molecule has 3 nitrogen and oxygen atoms in total. The summed E-state index contributed by atoms with van der Waals surface area (Å²) < 4.78 is 12.9. The third-order valence-electron chi connectivity index (χ3n) is 4.51. The van der Waals surface area contributed by atoms with E-state index < -0.39 is 0 Å². The van der Waals surface area contributed by atoms with Crippen molar-refractivity contribution in [1.29, 1.82) is 0 Å². The summed E-state index contributed by atoms with van der Waals surface area (Å²) in [6.07, 6.45) is 0. The van der Waals surface area contributed by atoms with Crippen LogP contribution in [0.25, 0.3) is 0 Å². The summed E-state index contributed by atoms with van der Waals surface area (Å²) in [5, 5.41) is 5.36. The van der Waals surface area contributed by atoms with E-state index in [9.17, 15) is 0 Å². The van der Waals surface area contributed by atoms with Crippen molar-refractivity contribution in [3.63, 3.8) is 0 Å². The molecule has 0 heterocycles. The molecule has 0 aliphatic carbocycles. The van der Waals surface area contributed by atoms with E-state index in [0.29, 0.717) is 41.3 Å². The first-order valence-electron chi connectivity index (χ1n) is 9.40. The number of nitrogens with one attached hydrogen (secondary N) is 1. The molecule has 158 valence electrons. The Balaban J connectivity index is 1.78. The number of hydrogen-bond acceptors (Lipinski definition) is 3. The van der Waals surface area contributed by atoms with Gasteiger partial charge >= 0.3 is 0 Å². The van der Waals surface area contributed by atoms with Gasteiger partial charge in [-0.05, 0) is 84.0 Å². The maximum Gasteiger partial charge on any atom is 0.174 e. The van der Waals surface area contributed by atoms with Crippen molar-refractivity contribution >= 4 is 63.1 Å². The molecular weight excluding hydrogens is 556 g/mol. The van der Waals surface area contributed by atoms with Crippen LogP contribution in [0.1, 0.15) is 23.6 Å². The van der Waals surface area contributed by atoms with Crippen LogP contribution < -0.4 is 14.8 Å². The van der Waals surface area contributed by atoms with Crippen molar-refractivity contribution in [3.05, 3.63) is 83.9 Å². The lowest BCUT2D eigenvalue weighted by Gasteiger charge is -2.17. The van der Waals surface area contributed by atoms with E-state index in [2.05, 4.69) is 34.0 Å². The summed E-state index contributed by atoms with van der Waals surface area (Å²) in [6, 6.07) is 15.3. The smallest absolute Gasteiger partial charge is 0.174 e. The quantitative estimate of drug-likeness (QED) is 0.275. The normalized spacial score (nSPS) is 10.7. The fourth-order valence-electron chi connectivity index (χ4n) is 2.91. The molecule has 30 heavy (non-hydrogen) atoms. The summed E-state index contributed by atoms with van der Waals surface area (Å²) in [6.45, 7) is 5.45. The Morgan fingerprint density at radius 3 is 2.50 bits per heavy atom. The van der Waals surface area contributed by atoms with Crippen molar-refractivity contribution in [3.8, 4) is 11.5 Å². The van der Waals surface area contributed by atoms with Gasteiger partial charge < -0.3 is 14.8 Å². The molecule has 0 aliphatic rings. The van der Waals surface area contributed by atoms with Gasteiger partial charge in [-0.2, -0.15) is 0 Å². The van der Waals surface area contributed by atoms with Crippen LogP contribution in [0.15, 0.2) is 48.5 Å². The molecule has 7 heteroatoms. The Labute approximate surface area is 205 Å². The van der Waals surface area contributed by atoms with Crippen LogP contribution in [0.5, 0.6) is 11.5 Å². The molecular formula is C23H21Cl3INO2. The molecule has 0 amide bonds. The van der Waals surface area contributed by atoms with Gasteiger partial charge in [-0.1, -0.05) is 46.9 Å². The first-order valence-corrected chi connectivity index (χ1v) is 11.6. The first-order chi connectivity index (χ1) is 14.4. The molecule has 1 N–H and O–H groups in total. The highest BCUT2D eigenvalue weighted by molar-refractivity contribution is 14.1. The standard InChI is InChI=1S/C23H21Cl3INO2/c1-3-29-22-10-15(12-28-21-6-4-5-18(25)14(21)2)9-20(27)23(22)30-13-16-7-8-17(24)11-19(16)26/h4-11,28H,3,12-13H2,1-2H3. The van der Waals surface area contributed by atoms with Crippen molar-refractivity contribution in [1.82, 2.24) is 0 Å². The minimum Gasteiger partial charge on any atom is -0.490 e. The Morgan fingerprint density at radius 1 is 0.967 bits per heavy atom. The van der Waals surface area contributed by atoms with Crippen molar-refractivity contribution in [2.24, 2.45) is 0 Å². The molecule has 0 aromatic heterocycles. The first kappa shape index (κ1) is 23.3. The van der Waals surface area contributed by atoms with Crippen LogP contribution in [0.4, 0.5) is 5.69 Å². The summed E-state index contributed by atoms with van der Waals surface area (Å²) in [5.74, 6) is 1.40. The maximum atomic E-state index is 6.27. The summed E-state index contributed by atoms with van der Waals surface area (Å²) in [5.41, 5.74) is 3.98. The molecule has 0 unspecified atom stereocenters. The Kier molecular flexibility index (Phi) is 8.40. The molecule has 0 aliphatic heterocycles. The highest BCUT2D eigenvalue weighted by Gasteiger charge is 2.14. The van der Waals surface area contributed by atoms with Gasteiger partial charge in [0.05, 0.1) is 10.2 Å². The van der Waals surface area contributed by atoms with Gasteiger partial charge in [0, 0.05) is 32.9 Å². The van der Waals surface area contributed by atoms with Gasteiger partial charge in [0.15, 0.2) is 11.5 Å². The molecule has 0 spiro atoms. The monoisotopic (exact) mass is 575 g/mol. The number of rotatable bonds is 8. The SMILES string of the molecule is CCOc1cc(CNc2cccc(Cl)c2C)cc(I)c1OCc1ccc(Cl)cc1Cl. The van der Waals surface area contributed by atoms with E-state index in [1.54, 1.807) is 12.1 Å². The number of halogens is 4. The topological polar surface area (TPSA) is 30.5 Å². The van der Waals surface area contributed by atoms with E-state index in [-0.39, 0.29) is 0 Å². The highest BCUT2D eigenvalue weighted by Crippen LogP contribution is 2.36. The molecule has 3 aromatic carbocycles. The zero-order valence-corrected chi connectivity index (χ0v) is 21.0. The van der Waals surface area contributed by atoms with Gasteiger partial charge in [-0.15, -0.1) is 0 Å². The summed E-state index contributed by atoms with van der Waals surface area (Å²) in [4.78, 5) is 0. The van der Waals surface area contributed by atoms with Gasteiger partial charge in [0.25, 0.3) is 0 Å². The van der Waals surface area contributed by atoms with Crippen LogP contribution in [0.3, 0.4) is 0 Å². The Hall–Kier alpha value is -1.34. The van der Waals surface area contributed by atoms with Gasteiger partial charge in [0.1, 0.15) is 6.61 Å². The molecule has 0 atom stereocenters. The molecule has 0 saturated carbocycles. The van der Waals surface area contributed by atoms with Crippen LogP contribution >= 0.6 is 57.4 Å². The minimum absolute atomic E-state index is 0.325. The van der Waals surface area contributed by atoms with Gasteiger partial charge in [0.2, 0.25) is 0 Å². The highest BCUT2D eigenvalue weighted by atomic mass is 127. The summed E-state index contributed by atoms with van der Waals surface area (Å²) in [7, 11) is 0. The van der Waals surface area contributed by atoms with Crippen LogP contribution in [-0.2, 0) is 13.2 Å². The van der Waals surface area contributed by atoms with E-state index in [1.165, 1.54) is 0 Å². The molecule has 0 fully saturated rings. The zero-order valence-electron chi connectivity index (χ0n) is 16.6. The largest absolute Gasteiger partial charge is 0.490 e. The fourth-order valence-corrected chi connectivity index (χ4v) is 4.37.